The summed E-state index contributed by atoms with van der Waals surface area (Å²) in [4.78, 5) is 11.4. The molecule has 1 aliphatic rings. The number of nitrogens with one attached hydrogen (secondary N) is 2. The van der Waals surface area contributed by atoms with Gasteiger partial charge in [0.1, 0.15) is 0 Å². The summed E-state index contributed by atoms with van der Waals surface area (Å²) in [5.74, 6) is -0.576. The van der Waals surface area contributed by atoms with Crippen LogP contribution in [0.15, 0.2) is 18.2 Å². The molecule has 1 saturated heterocycles. The minimum absolute atomic E-state index is 0.0210. The second kappa shape index (κ2) is 6.64. The lowest BCUT2D eigenvalue weighted by Gasteiger charge is -2.35. The molecule has 6 heteroatoms. The van der Waals surface area contributed by atoms with E-state index >= 15 is 0 Å². The average Bonchev–Trinajstić information content (AvgIpc) is 2.44. The van der Waals surface area contributed by atoms with Crippen molar-refractivity contribution in [3.8, 4) is 0 Å². The topological polar surface area (TPSA) is 59.6 Å². The van der Waals surface area contributed by atoms with Crippen LogP contribution in [0.3, 0.4) is 0 Å². The first-order chi connectivity index (χ1) is 9.89. The fourth-order valence-electron chi connectivity index (χ4n) is 1.96. The molecular weight excluding hydrogens is 292 g/mol. The molecule has 1 aromatic carbocycles. The van der Waals surface area contributed by atoms with E-state index in [1.165, 1.54) is 0 Å². The van der Waals surface area contributed by atoms with Gasteiger partial charge >= 0.3 is 0 Å². The number of carbonyl (C=O) groups excluding carboxylic acids is 1. The first kappa shape index (κ1) is 16.1. The Kier molecular flexibility index (Phi) is 5.08. The molecule has 1 amide bonds. The standard InChI is InChI=1S/C15H21ClN2O3/c1-4-14(19)18-10-5-6-12(16)13(7-10)17-11-8-20-15(2,3)21-9-11/h5-7,11,17H,4,8-9H2,1-3H3,(H,18,19). The van der Waals surface area contributed by atoms with Gasteiger partial charge in [-0.05, 0) is 32.0 Å². The minimum atomic E-state index is -0.543. The Balaban J connectivity index is 2.02. The van der Waals surface area contributed by atoms with Crippen LogP contribution < -0.4 is 10.6 Å². The molecule has 116 valence electrons. The summed E-state index contributed by atoms with van der Waals surface area (Å²) in [7, 11) is 0. The molecular formula is C15H21ClN2O3. The highest BCUT2D eigenvalue weighted by Gasteiger charge is 2.28. The van der Waals surface area contributed by atoms with Crippen LogP contribution in [0.2, 0.25) is 5.02 Å². The summed E-state index contributed by atoms with van der Waals surface area (Å²) >= 11 is 6.19. The van der Waals surface area contributed by atoms with E-state index in [1.807, 2.05) is 26.8 Å². The van der Waals surface area contributed by atoms with Crippen molar-refractivity contribution in [1.29, 1.82) is 0 Å². The molecule has 2 N–H and O–H groups in total. The summed E-state index contributed by atoms with van der Waals surface area (Å²) < 4.78 is 11.2. The summed E-state index contributed by atoms with van der Waals surface area (Å²) in [6, 6.07) is 5.37. The number of ether oxygens (including phenoxy) is 2. The van der Waals surface area contributed by atoms with Gasteiger partial charge in [-0.1, -0.05) is 18.5 Å². The maximum absolute atomic E-state index is 11.4. The average molecular weight is 313 g/mol. The molecule has 0 atom stereocenters. The van der Waals surface area contributed by atoms with Crippen LogP contribution in [0.4, 0.5) is 11.4 Å². The van der Waals surface area contributed by atoms with Gasteiger partial charge in [-0.25, -0.2) is 0 Å². The van der Waals surface area contributed by atoms with Crippen molar-refractivity contribution in [2.24, 2.45) is 0 Å². The zero-order valence-corrected chi connectivity index (χ0v) is 13.3. The van der Waals surface area contributed by atoms with Crippen molar-refractivity contribution < 1.29 is 14.3 Å². The van der Waals surface area contributed by atoms with Crippen LogP contribution >= 0.6 is 11.6 Å². The number of carbonyl (C=O) groups is 1. The van der Waals surface area contributed by atoms with Gasteiger partial charge in [0.05, 0.1) is 30.0 Å². The van der Waals surface area contributed by atoms with E-state index in [-0.39, 0.29) is 11.9 Å². The molecule has 1 aromatic rings. The Labute approximate surface area is 130 Å². The number of anilines is 2. The van der Waals surface area contributed by atoms with Crippen LogP contribution in [-0.2, 0) is 14.3 Å². The van der Waals surface area contributed by atoms with E-state index in [0.29, 0.717) is 30.3 Å². The SMILES string of the molecule is CCC(=O)Nc1ccc(Cl)c(NC2COC(C)(C)OC2)c1. The van der Waals surface area contributed by atoms with E-state index in [0.717, 1.165) is 5.69 Å². The minimum Gasteiger partial charge on any atom is -0.376 e. The maximum atomic E-state index is 11.4. The van der Waals surface area contributed by atoms with Crippen molar-refractivity contribution in [3.63, 3.8) is 0 Å². The largest absolute Gasteiger partial charge is 0.376 e. The molecule has 0 aromatic heterocycles. The van der Waals surface area contributed by atoms with Gasteiger partial charge in [-0.15, -0.1) is 0 Å². The maximum Gasteiger partial charge on any atom is 0.224 e. The summed E-state index contributed by atoms with van der Waals surface area (Å²) in [6.45, 7) is 6.65. The van der Waals surface area contributed by atoms with Gasteiger partial charge in [0, 0.05) is 12.1 Å². The molecule has 0 unspecified atom stereocenters. The Morgan fingerprint density at radius 2 is 2.05 bits per heavy atom. The molecule has 0 bridgehead atoms. The molecule has 0 aliphatic carbocycles. The van der Waals surface area contributed by atoms with Gasteiger partial charge in [-0.3, -0.25) is 4.79 Å². The van der Waals surface area contributed by atoms with Gasteiger partial charge < -0.3 is 20.1 Å². The Morgan fingerprint density at radius 1 is 1.38 bits per heavy atom. The Morgan fingerprint density at radius 3 is 2.67 bits per heavy atom. The fourth-order valence-corrected chi connectivity index (χ4v) is 2.13. The van der Waals surface area contributed by atoms with E-state index in [1.54, 1.807) is 12.1 Å². The fraction of sp³-hybridized carbons (Fsp3) is 0.533. The van der Waals surface area contributed by atoms with Crippen molar-refractivity contribution in [1.82, 2.24) is 0 Å². The van der Waals surface area contributed by atoms with Gasteiger partial charge in [-0.2, -0.15) is 0 Å². The second-order valence-electron chi connectivity index (χ2n) is 5.46. The predicted molar refractivity (Wildman–Crippen MR) is 83.8 cm³/mol. The third-order valence-electron chi connectivity index (χ3n) is 3.20. The lowest BCUT2D eigenvalue weighted by Crippen LogP contribution is -2.45. The molecule has 1 heterocycles. The van der Waals surface area contributed by atoms with Crippen molar-refractivity contribution in [3.05, 3.63) is 23.2 Å². The highest BCUT2D eigenvalue weighted by atomic mass is 35.5. The van der Waals surface area contributed by atoms with E-state index in [2.05, 4.69) is 10.6 Å². The first-order valence-electron chi connectivity index (χ1n) is 7.03. The molecule has 2 rings (SSSR count). The van der Waals surface area contributed by atoms with Gasteiger partial charge in [0.15, 0.2) is 5.79 Å². The number of hydrogen-bond donors (Lipinski definition) is 2. The summed E-state index contributed by atoms with van der Waals surface area (Å²) in [5, 5.41) is 6.69. The normalized spacial score (nSPS) is 18.3. The Bertz CT molecular complexity index is 510. The van der Waals surface area contributed by atoms with Crippen molar-refractivity contribution >= 4 is 28.9 Å². The lowest BCUT2D eigenvalue weighted by molar-refractivity contribution is -0.247. The highest BCUT2D eigenvalue weighted by Crippen LogP contribution is 2.28. The number of halogens is 1. The second-order valence-corrected chi connectivity index (χ2v) is 5.87. The summed E-state index contributed by atoms with van der Waals surface area (Å²) in [6.07, 6.45) is 0.435. The number of rotatable bonds is 4. The molecule has 0 spiro atoms. The Hall–Kier alpha value is -1.30. The third kappa shape index (κ3) is 4.59. The van der Waals surface area contributed by atoms with Crippen LogP contribution in [0.1, 0.15) is 27.2 Å². The molecule has 5 nitrogen and oxygen atoms in total. The van der Waals surface area contributed by atoms with Crippen molar-refractivity contribution in [2.45, 2.75) is 39.0 Å². The van der Waals surface area contributed by atoms with Crippen LogP contribution in [0, 0.1) is 0 Å². The lowest BCUT2D eigenvalue weighted by atomic mass is 10.2. The molecule has 1 aliphatic heterocycles. The van der Waals surface area contributed by atoms with E-state index < -0.39 is 5.79 Å². The van der Waals surface area contributed by atoms with Crippen molar-refractivity contribution in [2.75, 3.05) is 23.8 Å². The third-order valence-corrected chi connectivity index (χ3v) is 3.52. The molecule has 21 heavy (non-hydrogen) atoms. The smallest absolute Gasteiger partial charge is 0.224 e. The molecule has 0 radical (unpaired) electrons. The number of benzene rings is 1. The monoisotopic (exact) mass is 312 g/mol. The summed E-state index contributed by atoms with van der Waals surface area (Å²) in [5.41, 5.74) is 1.47. The van der Waals surface area contributed by atoms with Crippen LogP contribution in [0.25, 0.3) is 0 Å². The number of amides is 1. The zero-order valence-electron chi connectivity index (χ0n) is 12.5. The van der Waals surface area contributed by atoms with Gasteiger partial charge in [0.2, 0.25) is 5.91 Å². The molecule has 1 fully saturated rings. The predicted octanol–water partition coefficient (Wildman–Crippen LogP) is 3.25. The number of hydrogen-bond acceptors (Lipinski definition) is 4. The van der Waals surface area contributed by atoms with E-state index in [4.69, 9.17) is 21.1 Å². The van der Waals surface area contributed by atoms with Crippen LogP contribution in [-0.4, -0.2) is 30.9 Å². The zero-order chi connectivity index (χ0) is 15.5. The van der Waals surface area contributed by atoms with Gasteiger partial charge in [0.25, 0.3) is 0 Å². The van der Waals surface area contributed by atoms with E-state index in [9.17, 15) is 4.79 Å². The highest BCUT2D eigenvalue weighted by molar-refractivity contribution is 6.33. The molecule has 0 saturated carbocycles. The first-order valence-corrected chi connectivity index (χ1v) is 7.41. The quantitative estimate of drug-likeness (QED) is 0.896. The van der Waals surface area contributed by atoms with Crippen LogP contribution in [0.5, 0.6) is 0 Å².